The summed E-state index contributed by atoms with van der Waals surface area (Å²) in [7, 11) is -1.21. The molecule has 0 aromatic heterocycles. The highest BCUT2D eigenvalue weighted by Crippen LogP contribution is 2.22. The summed E-state index contributed by atoms with van der Waals surface area (Å²) in [4.78, 5) is 0. The van der Waals surface area contributed by atoms with E-state index in [1.807, 2.05) is 0 Å². The van der Waals surface area contributed by atoms with Gasteiger partial charge in [-0.05, 0) is 49.5 Å². The van der Waals surface area contributed by atoms with Crippen molar-refractivity contribution in [3.63, 3.8) is 0 Å². The van der Waals surface area contributed by atoms with Crippen LogP contribution < -0.4 is 10.8 Å². The van der Waals surface area contributed by atoms with Gasteiger partial charge in [0, 0.05) is 5.46 Å². The molecule has 0 radical (unpaired) electrons. The maximum Gasteiger partial charge on any atom is 0.494 e. The van der Waals surface area contributed by atoms with Gasteiger partial charge in [-0.2, -0.15) is 0 Å². The van der Waals surface area contributed by atoms with E-state index in [4.69, 9.17) is 21.6 Å². The minimum atomic E-state index is -1.21. The van der Waals surface area contributed by atoms with Crippen LogP contribution in [0.25, 0.3) is 0 Å². The van der Waals surface area contributed by atoms with Crippen LogP contribution in [0.15, 0.2) is 12.1 Å². The molecule has 0 unspecified atom stereocenters. The van der Waals surface area contributed by atoms with Crippen LogP contribution in [0.3, 0.4) is 0 Å². The van der Waals surface area contributed by atoms with Gasteiger partial charge in [0.25, 0.3) is 5.17 Å². The molecule has 2 N–H and O–H groups in total. The molecule has 1 aliphatic heterocycles. The van der Waals surface area contributed by atoms with Crippen molar-refractivity contribution in [3.05, 3.63) is 23.5 Å². The highest BCUT2D eigenvalue weighted by Gasteiger charge is 2.32. The molecular weight excluding hydrogens is 292 g/mol. The molecule has 1 heterocycles. The van der Waals surface area contributed by atoms with Gasteiger partial charge in [-0.3, -0.25) is 0 Å². The summed E-state index contributed by atoms with van der Waals surface area (Å²) in [6.45, 7) is 0.219. The van der Waals surface area contributed by atoms with Crippen molar-refractivity contribution in [1.82, 2.24) is 0 Å². The molecule has 0 atom stereocenters. The minimum absolute atomic E-state index is 0.116. The Balaban J connectivity index is 1.67. The molecule has 1 aromatic rings. The molecule has 0 amide bonds. The smallest absolute Gasteiger partial charge is 0.468 e. The molecular formula is C14H17BFNO3S. The number of halogens is 1. The zero-order valence-corrected chi connectivity index (χ0v) is 12.4. The van der Waals surface area contributed by atoms with E-state index >= 15 is 0 Å². The molecule has 1 aliphatic carbocycles. The Morgan fingerprint density at radius 1 is 1.38 bits per heavy atom. The number of hydrogen-bond acceptors (Lipinski definition) is 4. The number of rotatable bonds is 2. The van der Waals surface area contributed by atoms with Crippen LogP contribution in [-0.2, 0) is 16.0 Å². The molecule has 1 aromatic carbocycles. The average Bonchev–Trinajstić information content (AvgIpc) is 2.85. The number of nitrogens with one attached hydrogen (secondary N) is 1. The van der Waals surface area contributed by atoms with Crippen molar-refractivity contribution in [2.45, 2.75) is 44.8 Å². The molecule has 4 nitrogen and oxygen atoms in total. The number of anilines is 1. The first-order valence-corrected chi connectivity index (χ1v) is 7.64. The summed E-state index contributed by atoms with van der Waals surface area (Å²) < 4.78 is 25.0. The zero-order chi connectivity index (χ0) is 14.8. The predicted octanol–water partition coefficient (Wildman–Crippen LogP) is 2.09. The highest BCUT2D eigenvalue weighted by atomic mass is 32.1. The third-order valence-corrected chi connectivity index (χ3v) is 4.17. The predicted molar refractivity (Wildman–Crippen MR) is 83.0 cm³/mol. The van der Waals surface area contributed by atoms with Crippen molar-refractivity contribution in [2.24, 2.45) is 0 Å². The van der Waals surface area contributed by atoms with Gasteiger partial charge in [0.1, 0.15) is 11.9 Å². The molecule has 7 heteroatoms. The topological polar surface area (TPSA) is 50.7 Å². The van der Waals surface area contributed by atoms with E-state index in [1.165, 1.54) is 6.42 Å². The lowest BCUT2D eigenvalue weighted by Gasteiger charge is -2.23. The van der Waals surface area contributed by atoms with Crippen LogP contribution in [0.5, 0.6) is 0 Å². The Kier molecular flexibility index (Phi) is 4.42. The second-order valence-electron chi connectivity index (χ2n) is 5.45. The second kappa shape index (κ2) is 6.29. The summed E-state index contributed by atoms with van der Waals surface area (Å²) in [5.74, 6) is -0.535. The lowest BCUT2D eigenvalue weighted by atomic mass is 9.79. The summed E-state index contributed by atoms with van der Waals surface area (Å²) >= 11 is 5.14. The van der Waals surface area contributed by atoms with Gasteiger partial charge in [-0.1, -0.05) is 12.5 Å². The first-order valence-electron chi connectivity index (χ1n) is 7.23. The number of benzene rings is 1. The standard InChI is InChI=1S/C14H17BFNO3S/c16-13-11(7-6-9-8-19-15(18)12(9)13)17-14(21)20-10-4-2-1-3-5-10/h6-7,10,18H,1-5,8H2,(H,17,21). The zero-order valence-electron chi connectivity index (χ0n) is 11.6. The fourth-order valence-electron chi connectivity index (χ4n) is 2.85. The average molecular weight is 309 g/mol. The van der Waals surface area contributed by atoms with E-state index < -0.39 is 12.9 Å². The van der Waals surface area contributed by atoms with Gasteiger partial charge in [0.2, 0.25) is 0 Å². The third kappa shape index (κ3) is 3.20. The van der Waals surface area contributed by atoms with Crippen LogP contribution in [0.1, 0.15) is 37.7 Å². The highest BCUT2D eigenvalue weighted by molar-refractivity contribution is 7.80. The molecule has 0 bridgehead atoms. The normalized spacial score (nSPS) is 18.5. The summed E-state index contributed by atoms with van der Waals surface area (Å²) in [6, 6.07) is 3.31. The Morgan fingerprint density at radius 3 is 2.90 bits per heavy atom. The van der Waals surface area contributed by atoms with Gasteiger partial charge in [-0.15, -0.1) is 0 Å². The number of hydrogen-bond donors (Lipinski definition) is 2. The molecule has 112 valence electrons. The van der Waals surface area contributed by atoms with Crippen molar-refractivity contribution in [3.8, 4) is 0 Å². The number of ether oxygens (including phenoxy) is 1. The third-order valence-electron chi connectivity index (χ3n) is 3.98. The van der Waals surface area contributed by atoms with E-state index in [1.54, 1.807) is 12.1 Å². The molecule has 21 heavy (non-hydrogen) atoms. The van der Waals surface area contributed by atoms with Crippen molar-refractivity contribution >= 4 is 35.7 Å². The van der Waals surface area contributed by atoms with Gasteiger partial charge in [0.05, 0.1) is 12.3 Å². The Hall–Kier alpha value is -1.18. The van der Waals surface area contributed by atoms with Crippen LogP contribution in [0, 0.1) is 5.82 Å². The Bertz CT molecular complexity index is 551. The molecule has 0 spiro atoms. The van der Waals surface area contributed by atoms with Crippen molar-refractivity contribution in [2.75, 3.05) is 5.32 Å². The molecule has 0 saturated heterocycles. The Morgan fingerprint density at radius 2 is 2.14 bits per heavy atom. The van der Waals surface area contributed by atoms with Gasteiger partial charge in [0.15, 0.2) is 0 Å². The maximum atomic E-state index is 14.3. The van der Waals surface area contributed by atoms with Gasteiger partial charge >= 0.3 is 7.12 Å². The summed E-state index contributed by atoms with van der Waals surface area (Å²) in [5.41, 5.74) is 1.05. The molecule has 1 saturated carbocycles. The van der Waals surface area contributed by atoms with Crippen LogP contribution in [0.4, 0.5) is 10.1 Å². The first kappa shape index (κ1) is 14.7. The number of thiocarbonyl (C=S) groups is 1. The van der Waals surface area contributed by atoms with Crippen molar-refractivity contribution in [1.29, 1.82) is 0 Å². The minimum Gasteiger partial charge on any atom is -0.468 e. The SMILES string of the molecule is OB1OCc2ccc(NC(=S)OC3CCCCC3)c(F)c21. The van der Waals surface area contributed by atoms with E-state index in [0.717, 1.165) is 25.7 Å². The van der Waals surface area contributed by atoms with Crippen LogP contribution in [0.2, 0.25) is 0 Å². The molecule has 2 aliphatic rings. The lowest BCUT2D eigenvalue weighted by Crippen LogP contribution is -2.32. The van der Waals surface area contributed by atoms with Gasteiger partial charge < -0.3 is 19.7 Å². The fraction of sp³-hybridized carbons (Fsp3) is 0.500. The van der Waals surface area contributed by atoms with E-state index in [2.05, 4.69) is 5.32 Å². The van der Waals surface area contributed by atoms with E-state index in [-0.39, 0.29) is 29.0 Å². The monoisotopic (exact) mass is 309 g/mol. The summed E-state index contributed by atoms with van der Waals surface area (Å²) in [5, 5.41) is 12.6. The molecule has 3 rings (SSSR count). The quantitative estimate of drug-likeness (QED) is 0.647. The second-order valence-corrected chi connectivity index (χ2v) is 5.82. The van der Waals surface area contributed by atoms with E-state index in [0.29, 0.717) is 5.56 Å². The van der Waals surface area contributed by atoms with Gasteiger partial charge in [-0.25, -0.2) is 4.39 Å². The fourth-order valence-corrected chi connectivity index (χ4v) is 3.09. The summed E-state index contributed by atoms with van der Waals surface area (Å²) in [6.07, 6.45) is 5.61. The van der Waals surface area contributed by atoms with Crippen LogP contribution >= 0.6 is 12.2 Å². The maximum absolute atomic E-state index is 14.3. The number of fused-ring (bicyclic) bond motifs is 1. The Labute approximate surface area is 128 Å². The largest absolute Gasteiger partial charge is 0.494 e. The lowest BCUT2D eigenvalue weighted by molar-refractivity contribution is 0.147. The van der Waals surface area contributed by atoms with Crippen molar-refractivity contribution < 1.29 is 18.8 Å². The van der Waals surface area contributed by atoms with E-state index in [9.17, 15) is 9.41 Å². The first-order chi connectivity index (χ1) is 10.1. The molecule has 1 fully saturated rings. The van der Waals surface area contributed by atoms with Crippen LogP contribution in [-0.4, -0.2) is 23.4 Å².